The first-order valence-corrected chi connectivity index (χ1v) is 4.83. The summed E-state index contributed by atoms with van der Waals surface area (Å²) in [6, 6.07) is 0.333. The monoisotopic (exact) mass is 181 g/mol. The second-order valence-electron chi connectivity index (χ2n) is 2.24. The van der Waals surface area contributed by atoms with Crippen LogP contribution in [0.1, 0.15) is 13.8 Å². The van der Waals surface area contributed by atoms with Gasteiger partial charge in [0.15, 0.2) is 0 Å². The second-order valence-corrected chi connectivity index (χ2v) is 4.23. The molecule has 11 heavy (non-hydrogen) atoms. The molecular weight excluding hydrogens is 162 g/mol. The first-order chi connectivity index (χ1) is 5.08. The quantitative estimate of drug-likeness (QED) is 0.623. The Hall–Kier alpha value is 0.0569. The van der Waals surface area contributed by atoms with Gasteiger partial charge in [0.25, 0.3) is 0 Å². The van der Waals surface area contributed by atoms with Crippen LogP contribution >= 0.6 is 0 Å². The van der Waals surface area contributed by atoms with Gasteiger partial charge in [0, 0.05) is 21.3 Å². The zero-order valence-corrected chi connectivity index (χ0v) is 9.11. The van der Waals surface area contributed by atoms with Gasteiger partial charge in [-0.2, -0.15) is 0 Å². The molecule has 70 valence electrons. The van der Waals surface area contributed by atoms with E-state index in [0.717, 1.165) is 0 Å². The fourth-order valence-electron chi connectivity index (χ4n) is 0.289. The molecule has 0 aromatic rings. The van der Waals surface area contributed by atoms with Crippen LogP contribution in [0.3, 0.4) is 0 Å². The highest BCUT2D eigenvalue weighted by Crippen LogP contribution is 1.81. The molecule has 0 radical (unpaired) electrons. The van der Waals surface area contributed by atoms with E-state index in [4.69, 9.17) is 19.0 Å². The Morgan fingerprint density at radius 3 is 1.18 bits per heavy atom. The van der Waals surface area contributed by atoms with Crippen molar-refractivity contribution < 1.29 is 13.3 Å². The standard InChI is InChI=1S/C3H9N.C3H10O3Si/c1-3(2)4;1-4-7(5-2)6-3/h3H,4H2,1-2H3;7H,1-3H3. The molecule has 2 N–H and O–H groups in total. The van der Waals surface area contributed by atoms with Crippen molar-refractivity contribution in [3.8, 4) is 0 Å². The molecule has 0 bridgehead atoms. The van der Waals surface area contributed by atoms with Crippen LogP contribution in [0.15, 0.2) is 0 Å². The van der Waals surface area contributed by atoms with E-state index >= 15 is 0 Å². The van der Waals surface area contributed by atoms with E-state index in [0.29, 0.717) is 6.04 Å². The summed E-state index contributed by atoms with van der Waals surface area (Å²) in [6.07, 6.45) is 0. The van der Waals surface area contributed by atoms with E-state index in [9.17, 15) is 0 Å². The molecule has 0 aliphatic carbocycles. The highest BCUT2D eigenvalue weighted by molar-refractivity contribution is 6.36. The molecule has 5 heteroatoms. The SMILES string of the molecule is CC(C)N.CO[SiH](OC)OC. The van der Waals surface area contributed by atoms with Crippen LogP contribution in [-0.2, 0) is 13.3 Å². The minimum absolute atomic E-state index is 0.333. The van der Waals surface area contributed by atoms with Gasteiger partial charge in [-0.05, 0) is 6.04 Å². The first kappa shape index (κ1) is 13.6. The second kappa shape index (κ2) is 10.1. The van der Waals surface area contributed by atoms with E-state index in [2.05, 4.69) is 0 Å². The van der Waals surface area contributed by atoms with Crippen molar-refractivity contribution in [3.05, 3.63) is 0 Å². The minimum atomic E-state index is -1.67. The summed E-state index contributed by atoms with van der Waals surface area (Å²) in [5.74, 6) is 0. The van der Waals surface area contributed by atoms with Crippen molar-refractivity contribution in [3.63, 3.8) is 0 Å². The molecule has 0 amide bonds. The van der Waals surface area contributed by atoms with E-state index < -0.39 is 9.53 Å². The highest BCUT2D eigenvalue weighted by Gasteiger charge is 2.04. The summed E-state index contributed by atoms with van der Waals surface area (Å²) in [6.45, 7) is 3.89. The van der Waals surface area contributed by atoms with Crippen LogP contribution in [0.5, 0.6) is 0 Å². The van der Waals surface area contributed by atoms with Gasteiger partial charge in [-0.1, -0.05) is 13.8 Å². The van der Waals surface area contributed by atoms with Crippen molar-refractivity contribution in [1.82, 2.24) is 0 Å². The van der Waals surface area contributed by atoms with E-state index in [-0.39, 0.29) is 0 Å². The number of rotatable bonds is 3. The fourth-order valence-corrected chi connectivity index (χ4v) is 0.866. The first-order valence-electron chi connectivity index (χ1n) is 3.42. The lowest BCUT2D eigenvalue weighted by Gasteiger charge is -2.05. The van der Waals surface area contributed by atoms with E-state index in [1.165, 1.54) is 0 Å². The summed E-state index contributed by atoms with van der Waals surface area (Å²) in [5.41, 5.74) is 5.11. The highest BCUT2D eigenvalue weighted by atomic mass is 28.3. The third-order valence-electron chi connectivity index (χ3n) is 0.577. The maximum atomic E-state index is 5.11. The van der Waals surface area contributed by atoms with E-state index in [1.54, 1.807) is 21.3 Å². The summed E-state index contributed by atoms with van der Waals surface area (Å²) in [4.78, 5) is 0. The summed E-state index contributed by atoms with van der Waals surface area (Å²) in [7, 11) is 3.05. The van der Waals surface area contributed by atoms with Gasteiger partial charge in [-0.3, -0.25) is 0 Å². The molecule has 0 saturated carbocycles. The van der Waals surface area contributed by atoms with Gasteiger partial charge in [0.1, 0.15) is 0 Å². The Balaban J connectivity index is 0. The molecule has 0 rings (SSSR count). The van der Waals surface area contributed by atoms with Crippen molar-refractivity contribution >= 4 is 9.53 Å². The third kappa shape index (κ3) is 17.8. The molecule has 0 saturated heterocycles. The number of nitrogens with two attached hydrogens (primary N) is 1. The summed E-state index contributed by atoms with van der Waals surface area (Å²) < 4.78 is 14.2. The molecule has 0 atom stereocenters. The summed E-state index contributed by atoms with van der Waals surface area (Å²) in [5, 5.41) is 0. The maximum absolute atomic E-state index is 5.11. The molecule has 0 fully saturated rings. The molecule has 0 aliphatic heterocycles. The van der Waals surface area contributed by atoms with E-state index in [1.807, 2.05) is 13.8 Å². The molecule has 0 spiro atoms. The van der Waals surface area contributed by atoms with Crippen LogP contribution in [0, 0.1) is 0 Å². The molecule has 0 unspecified atom stereocenters. The van der Waals surface area contributed by atoms with Crippen molar-refractivity contribution in [2.75, 3.05) is 21.3 Å². The zero-order chi connectivity index (χ0) is 9.28. The Morgan fingerprint density at radius 2 is 1.18 bits per heavy atom. The predicted octanol–water partition coefficient (Wildman–Crippen LogP) is -0.00370. The Kier molecular flexibility index (Phi) is 12.5. The number of hydrogen-bond acceptors (Lipinski definition) is 4. The maximum Gasteiger partial charge on any atom is 0.483 e. The van der Waals surface area contributed by atoms with Crippen LogP contribution in [0.2, 0.25) is 0 Å². The zero-order valence-electron chi connectivity index (χ0n) is 7.96. The van der Waals surface area contributed by atoms with Crippen LogP contribution in [0.4, 0.5) is 0 Å². The van der Waals surface area contributed by atoms with Crippen LogP contribution in [0.25, 0.3) is 0 Å². The van der Waals surface area contributed by atoms with Crippen molar-refractivity contribution in [2.45, 2.75) is 19.9 Å². The fraction of sp³-hybridized carbons (Fsp3) is 1.00. The topological polar surface area (TPSA) is 53.7 Å². The van der Waals surface area contributed by atoms with Gasteiger partial charge in [0.2, 0.25) is 0 Å². The smallest absolute Gasteiger partial charge is 0.379 e. The van der Waals surface area contributed by atoms with Crippen molar-refractivity contribution in [2.24, 2.45) is 5.73 Å². The molecular formula is C6H19NO3Si. The molecule has 0 heterocycles. The van der Waals surface area contributed by atoms with Gasteiger partial charge in [-0.15, -0.1) is 0 Å². The molecule has 4 nitrogen and oxygen atoms in total. The predicted molar refractivity (Wildman–Crippen MR) is 47.5 cm³/mol. The average molecular weight is 181 g/mol. The molecule has 0 aromatic heterocycles. The van der Waals surface area contributed by atoms with Gasteiger partial charge >= 0.3 is 9.53 Å². The largest absolute Gasteiger partial charge is 0.483 e. The van der Waals surface area contributed by atoms with Crippen LogP contribution in [-0.4, -0.2) is 36.9 Å². The Bertz CT molecular complexity index is 60.6. The van der Waals surface area contributed by atoms with Crippen molar-refractivity contribution in [1.29, 1.82) is 0 Å². The lowest BCUT2D eigenvalue weighted by Crippen LogP contribution is -2.21. The molecule has 0 aliphatic rings. The minimum Gasteiger partial charge on any atom is -0.379 e. The normalized spacial score (nSPS) is 9.82. The Labute approximate surface area is 70.6 Å². The van der Waals surface area contributed by atoms with Gasteiger partial charge < -0.3 is 19.0 Å². The lowest BCUT2D eigenvalue weighted by atomic mass is 10.5. The van der Waals surface area contributed by atoms with Gasteiger partial charge in [0.05, 0.1) is 0 Å². The lowest BCUT2D eigenvalue weighted by molar-refractivity contribution is 0.163. The van der Waals surface area contributed by atoms with Gasteiger partial charge in [-0.25, -0.2) is 0 Å². The summed E-state index contributed by atoms with van der Waals surface area (Å²) >= 11 is 0. The molecule has 0 aromatic carbocycles. The average Bonchev–Trinajstić information content (AvgIpc) is 1.90. The Morgan fingerprint density at radius 1 is 1.00 bits per heavy atom. The van der Waals surface area contributed by atoms with Crippen LogP contribution < -0.4 is 5.73 Å². The number of hydrogen-bond donors (Lipinski definition) is 1. The third-order valence-corrected chi connectivity index (χ3v) is 1.73.